The Morgan fingerprint density at radius 2 is 2.00 bits per heavy atom. The van der Waals surface area contributed by atoms with Crippen LogP contribution >= 0.6 is 10.7 Å². The maximum absolute atomic E-state index is 9.88. The van der Waals surface area contributed by atoms with Crippen LogP contribution in [0.4, 0.5) is 0 Å². The predicted molar refractivity (Wildman–Crippen MR) is 28.6 cm³/mol. The first-order valence-corrected chi connectivity index (χ1v) is 3.96. The second-order valence-corrected chi connectivity index (χ2v) is 3.39. The Labute approximate surface area is 51.4 Å². The van der Waals surface area contributed by atoms with Gasteiger partial charge < -0.3 is 0 Å². The first kappa shape index (κ1) is 7.71. The summed E-state index contributed by atoms with van der Waals surface area (Å²) in [6.45, 7) is 1.06. The lowest BCUT2D eigenvalue weighted by Gasteiger charge is -1.90. The van der Waals surface area contributed by atoms with Gasteiger partial charge in [0.2, 0.25) is 5.91 Å². The average Bonchev–Trinajstić information content (AvgIpc) is 1.21. The number of nitrogens with one attached hydrogen (secondary N) is 1. The summed E-state index contributed by atoms with van der Waals surface area (Å²) in [5, 5.41) is 0. The first-order valence-electron chi connectivity index (χ1n) is 1.65. The molecule has 0 bridgehead atoms. The Hall–Kier alpha value is -0.290. The van der Waals surface area contributed by atoms with E-state index < -0.39 is 15.1 Å². The van der Waals surface area contributed by atoms with Gasteiger partial charge in [0.1, 0.15) is 0 Å². The third kappa shape index (κ3) is 5.71. The van der Waals surface area contributed by atoms with E-state index in [9.17, 15) is 13.2 Å². The van der Waals surface area contributed by atoms with Gasteiger partial charge in [-0.1, -0.05) is 0 Å². The van der Waals surface area contributed by atoms with E-state index >= 15 is 0 Å². The molecule has 0 aliphatic carbocycles. The van der Waals surface area contributed by atoms with Crippen LogP contribution in [-0.4, -0.2) is 14.3 Å². The van der Waals surface area contributed by atoms with E-state index in [-0.39, 0.29) is 0 Å². The zero-order chi connectivity index (χ0) is 6.78. The molecule has 8 heavy (non-hydrogen) atoms. The number of rotatable bonds is 1. The summed E-state index contributed by atoms with van der Waals surface area (Å²) in [5.74, 6) is -0.694. The van der Waals surface area contributed by atoms with Crippen molar-refractivity contribution < 1.29 is 13.2 Å². The Morgan fingerprint density at radius 3 is 2.00 bits per heavy atom. The minimum atomic E-state index is -3.85. The van der Waals surface area contributed by atoms with Crippen molar-refractivity contribution in [1.29, 1.82) is 0 Å². The van der Waals surface area contributed by atoms with Crippen LogP contribution in [0.1, 0.15) is 6.92 Å². The van der Waals surface area contributed by atoms with Crippen molar-refractivity contribution in [2.75, 3.05) is 0 Å². The van der Waals surface area contributed by atoms with Crippen LogP contribution in [0, 0.1) is 0 Å². The van der Waals surface area contributed by atoms with E-state index in [1.54, 1.807) is 0 Å². The number of hydrogen-bond donors (Lipinski definition) is 1. The normalized spacial score (nSPS) is 10.8. The third-order valence-electron chi connectivity index (χ3n) is 0.266. The van der Waals surface area contributed by atoms with Crippen LogP contribution in [0.2, 0.25) is 0 Å². The fourth-order valence-electron chi connectivity index (χ4n) is 0.172. The fourth-order valence-corrected chi connectivity index (χ4v) is 0.841. The molecule has 0 aliphatic rings. The highest BCUT2D eigenvalue weighted by Gasteiger charge is 2.03. The van der Waals surface area contributed by atoms with E-state index in [1.165, 1.54) is 4.72 Å². The summed E-state index contributed by atoms with van der Waals surface area (Å²) in [5.41, 5.74) is 0. The molecule has 0 aromatic heterocycles. The first-order chi connectivity index (χ1) is 3.42. The van der Waals surface area contributed by atoms with Gasteiger partial charge in [0, 0.05) is 17.6 Å². The van der Waals surface area contributed by atoms with Crippen molar-refractivity contribution in [3.63, 3.8) is 0 Å². The van der Waals surface area contributed by atoms with Gasteiger partial charge in [0.05, 0.1) is 0 Å². The molecule has 6 heteroatoms. The van der Waals surface area contributed by atoms with Crippen LogP contribution in [0.15, 0.2) is 0 Å². The number of carbonyl (C=O) groups excluding carboxylic acids is 1. The summed E-state index contributed by atoms with van der Waals surface area (Å²) in [4.78, 5) is 9.88. The number of carbonyl (C=O) groups is 1. The Balaban J connectivity index is 3.95. The van der Waals surface area contributed by atoms with Crippen LogP contribution in [0.25, 0.3) is 0 Å². The maximum Gasteiger partial charge on any atom is 0.321 e. The average molecular weight is 158 g/mol. The molecule has 0 rings (SSSR count). The lowest BCUT2D eigenvalue weighted by molar-refractivity contribution is -0.117. The highest BCUT2D eigenvalue weighted by Crippen LogP contribution is 1.86. The second kappa shape index (κ2) is 2.32. The minimum absolute atomic E-state index is 0.694. The molecule has 0 saturated heterocycles. The molecule has 4 nitrogen and oxygen atoms in total. The van der Waals surface area contributed by atoms with E-state index in [4.69, 9.17) is 0 Å². The van der Waals surface area contributed by atoms with Gasteiger partial charge >= 0.3 is 9.24 Å². The molecule has 48 valence electrons. The van der Waals surface area contributed by atoms with E-state index in [1.807, 2.05) is 0 Å². The Morgan fingerprint density at radius 1 is 1.62 bits per heavy atom. The molecule has 0 unspecified atom stereocenters. The quantitative estimate of drug-likeness (QED) is 0.527. The maximum atomic E-state index is 9.88. The lowest BCUT2D eigenvalue weighted by atomic mass is 10.8. The van der Waals surface area contributed by atoms with Gasteiger partial charge in [-0.15, -0.1) is 0 Å². The smallest absolute Gasteiger partial charge is 0.274 e. The van der Waals surface area contributed by atoms with Gasteiger partial charge in [-0.3, -0.25) is 4.79 Å². The summed E-state index contributed by atoms with van der Waals surface area (Å²) in [6, 6.07) is 0. The van der Waals surface area contributed by atoms with E-state index in [0.29, 0.717) is 0 Å². The lowest BCUT2D eigenvalue weighted by Crippen LogP contribution is -2.23. The van der Waals surface area contributed by atoms with Crippen LogP contribution < -0.4 is 4.72 Å². The Bertz CT molecular complexity index is 183. The molecule has 0 fully saturated rings. The predicted octanol–water partition coefficient (Wildman–Crippen LogP) is -0.394. The molecule has 0 heterocycles. The number of halogens is 1. The molecule has 0 radical (unpaired) electrons. The van der Waals surface area contributed by atoms with Crippen molar-refractivity contribution in [3.05, 3.63) is 0 Å². The molecule has 1 amide bonds. The molecule has 0 saturated carbocycles. The minimum Gasteiger partial charge on any atom is -0.274 e. The Kier molecular flexibility index (Phi) is 2.24. The van der Waals surface area contributed by atoms with E-state index in [0.717, 1.165) is 6.92 Å². The van der Waals surface area contributed by atoms with Crippen LogP contribution in [0.5, 0.6) is 0 Å². The zero-order valence-corrected chi connectivity index (χ0v) is 5.58. The standard InChI is InChI=1S/C2H4ClNO3S/c1-2(5)4-8(3,6)7/h1H3,(H,4,5). The number of amides is 1. The van der Waals surface area contributed by atoms with Gasteiger partial charge in [0.15, 0.2) is 0 Å². The molecule has 0 spiro atoms. The molecule has 0 aromatic rings. The van der Waals surface area contributed by atoms with Crippen molar-refractivity contribution in [1.82, 2.24) is 4.72 Å². The highest BCUT2D eigenvalue weighted by atomic mass is 35.7. The summed E-state index contributed by atoms with van der Waals surface area (Å²) >= 11 is 0. The molecule has 0 aliphatic heterocycles. The molecule has 0 atom stereocenters. The van der Waals surface area contributed by atoms with Crippen molar-refractivity contribution in [2.45, 2.75) is 6.92 Å². The SMILES string of the molecule is CC(=O)NS(=O)(=O)Cl. The van der Waals surface area contributed by atoms with E-state index in [2.05, 4.69) is 10.7 Å². The zero-order valence-electron chi connectivity index (χ0n) is 4.01. The van der Waals surface area contributed by atoms with Crippen molar-refractivity contribution in [3.8, 4) is 0 Å². The number of hydrogen-bond acceptors (Lipinski definition) is 3. The second-order valence-electron chi connectivity index (χ2n) is 1.10. The van der Waals surface area contributed by atoms with Crippen LogP contribution in [-0.2, 0) is 14.0 Å². The summed E-state index contributed by atoms with van der Waals surface area (Å²) in [6.07, 6.45) is 0. The van der Waals surface area contributed by atoms with Gasteiger partial charge in [-0.25, -0.2) is 4.72 Å². The van der Waals surface area contributed by atoms with Crippen molar-refractivity contribution >= 4 is 25.8 Å². The third-order valence-corrected chi connectivity index (χ3v) is 1.03. The molecular formula is C2H4ClNO3S. The van der Waals surface area contributed by atoms with Gasteiger partial charge in [0.25, 0.3) is 0 Å². The van der Waals surface area contributed by atoms with Gasteiger partial charge in [-0.05, 0) is 0 Å². The summed E-state index contributed by atoms with van der Waals surface area (Å²) < 4.78 is 21.2. The van der Waals surface area contributed by atoms with Gasteiger partial charge in [-0.2, -0.15) is 8.42 Å². The largest absolute Gasteiger partial charge is 0.321 e. The molecular weight excluding hydrogens is 154 g/mol. The molecule has 0 aromatic carbocycles. The van der Waals surface area contributed by atoms with Crippen LogP contribution in [0.3, 0.4) is 0 Å². The van der Waals surface area contributed by atoms with Crippen molar-refractivity contribution in [2.24, 2.45) is 0 Å². The highest BCUT2D eigenvalue weighted by molar-refractivity contribution is 8.12. The monoisotopic (exact) mass is 157 g/mol. The fraction of sp³-hybridized carbons (Fsp3) is 0.500. The summed E-state index contributed by atoms with van der Waals surface area (Å²) in [7, 11) is 0.718. The molecule has 1 N–H and O–H groups in total. The topological polar surface area (TPSA) is 63.2 Å².